The predicted molar refractivity (Wildman–Crippen MR) is 142 cm³/mol. The Morgan fingerprint density at radius 3 is 2.97 bits per heavy atom. The number of nitrogens with zero attached hydrogens (tertiary/aromatic N) is 1. The number of hydrogen-bond donors (Lipinski definition) is 5. The Balaban J connectivity index is 1.35. The number of carbonyl (C=O) groups excluding carboxylic acids is 2. The highest BCUT2D eigenvalue weighted by Gasteiger charge is 2.33. The highest BCUT2D eigenvalue weighted by molar-refractivity contribution is 8.19. The first-order chi connectivity index (χ1) is 16.6. The molecule has 0 saturated carbocycles. The van der Waals surface area contributed by atoms with Crippen LogP contribution in [-0.2, 0) is 20.9 Å². The van der Waals surface area contributed by atoms with Gasteiger partial charge in [-0.2, -0.15) is 0 Å². The molecular weight excluding hydrogens is 533 g/mol. The van der Waals surface area contributed by atoms with Crippen LogP contribution < -0.4 is 21.7 Å². The summed E-state index contributed by atoms with van der Waals surface area (Å²) in [6, 6.07) is 5.63. The minimum absolute atomic E-state index is 0.0857. The van der Waals surface area contributed by atoms with Crippen LogP contribution in [0.5, 0.6) is 0 Å². The molecular formula is C22H31Cl2N5O4S2. The van der Waals surface area contributed by atoms with Crippen molar-refractivity contribution in [3.63, 3.8) is 0 Å². The summed E-state index contributed by atoms with van der Waals surface area (Å²) in [4.78, 5) is 25.6. The molecule has 1 saturated heterocycles. The molecule has 2 aliphatic heterocycles. The molecule has 13 heteroatoms. The van der Waals surface area contributed by atoms with Gasteiger partial charge in [-0.1, -0.05) is 41.0 Å². The van der Waals surface area contributed by atoms with Crippen molar-refractivity contribution in [2.24, 2.45) is 5.73 Å². The van der Waals surface area contributed by atoms with Gasteiger partial charge in [0.15, 0.2) is 0 Å². The molecule has 3 atom stereocenters. The molecule has 6 N–H and O–H groups in total. The fourth-order valence-corrected chi connectivity index (χ4v) is 5.90. The normalized spacial score (nSPS) is 23.4. The fraction of sp³-hybridized carbons (Fsp3) is 0.545. The molecule has 9 nitrogen and oxygen atoms in total. The average molecular weight is 565 g/mol. The van der Waals surface area contributed by atoms with E-state index in [1.807, 2.05) is 24.5 Å². The van der Waals surface area contributed by atoms with Gasteiger partial charge in [0, 0.05) is 39.1 Å². The van der Waals surface area contributed by atoms with E-state index in [0.717, 1.165) is 18.7 Å². The summed E-state index contributed by atoms with van der Waals surface area (Å²) in [6.45, 7) is 5.50. The van der Waals surface area contributed by atoms with Crippen molar-refractivity contribution in [2.75, 3.05) is 38.5 Å². The third-order valence-corrected chi connectivity index (χ3v) is 8.77. The molecule has 2 heterocycles. The van der Waals surface area contributed by atoms with Crippen molar-refractivity contribution in [2.45, 2.75) is 36.4 Å². The number of primary amides is 1. The van der Waals surface area contributed by atoms with Crippen LogP contribution in [0.4, 0.5) is 0 Å². The van der Waals surface area contributed by atoms with Crippen LogP contribution in [0.15, 0.2) is 29.3 Å². The maximum absolute atomic E-state index is 12.5. The number of morpholine rings is 1. The standard InChI is InChI=1S/C22H31Cl2N5O4S2/c1-22(28-18(12-34-22)21(32)26-5-4-19(25)30)35-13-20(31)27-9-15-11-29(6-7-33-15)10-14-2-3-16(23)17(24)8-14/h2-3,8,12,15,21,26,28,32H,4-7,9-11,13H2,1H3,(H2,25,30)(H,27,31)/t15-,21?,22?/m0/s1. The molecule has 2 aliphatic rings. The average Bonchev–Trinajstić information content (AvgIpc) is 3.21. The molecule has 1 aromatic carbocycles. The number of nitrogens with two attached hydrogens (primary N) is 1. The van der Waals surface area contributed by atoms with E-state index in [1.54, 1.807) is 6.07 Å². The molecule has 0 spiro atoms. The summed E-state index contributed by atoms with van der Waals surface area (Å²) in [5, 5.41) is 22.1. The molecule has 35 heavy (non-hydrogen) atoms. The van der Waals surface area contributed by atoms with E-state index in [1.165, 1.54) is 23.5 Å². The smallest absolute Gasteiger partial charge is 0.230 e. The van der Waals surface area contributed by atoms with Gasteiger partial charge in [-0.05, 0) is 30.0 Å². The summed E-state index contributed by atoms with van der Waals surface area (Å²) in [6.07, 6.45) is -0.889. The molecule has 0 bridgehead atoms. The summed E-state index contributed by atoms with van der Waals surface area (Å²) in [5.74, 6) is -0.267. The minimum Gasteiger partial charge on any atom is -0.374 e. The van der Waals surface area contributed by atoms with E-state index >= 15 is 0 Å². The van der Waals surface area contributed by atoms with Crippen LogP contribution in [0.1, 0.15) is 18.9 Å². The molecule has 2 unspecified atom stereocenters. The Hall–Kier alpha value is -1.18. The van der Waals surface area contributed by atoms with Crippen LogP contribution in [0.25, 0.3) is 0 Å². The lowest BCUT2D eigenvalue weighted by Crippen LogP contribution is -2.47. The number of aliphatic hydroxyl groups excluding tert-OH is 1. The Labute approximate surface area is 223 Å². The maximum atomic E-state index is 12.5. The Morgan fingerprint density at radius 1 is 1.43 bits per heavy atom. The number of halogens is 2. The van der Waals surface area contributed by atoms with Gasteiger partial charge >= 0.3 is 0 Å². The molecule has 1 aromatic rings. The third-order valence-electron chi connectivity index (χ3n) is 5.40. The first-order valence-electron chi connectivity index (χ1n) is 11.2. The number of carbonyl (C=O) groups is 2. The highest BCUT2D eigenvalue weighted by Crippen LogP contribution is 2.41. The fourth-order valence-electron chi connectivity index (χ4n) is 3.57. The largest absolute Gasteiger partial charge is 0.374 e. The zero-order valence-corrected chi connectivity index (χ0v) is 22.5. The lowest BCUT2D eigenvalue weighted by Gasteiger charge is -2.33. The van der Waals surface area contributed by atoms with Gasteiger partial charge in [0.25, 0.3) is 0 Å². The zero-order valence-electron chi connectivity index (χ0n) is 19.4. The molecule has 194 valence electrons. The first kappa shape index (κ1) is 28.4. The van der Waals surface area contributed by atoms with Crippen molar-refractivity contribution < 1.29 is 19.4 Å². The molecule has 3 rings (SSSR count). The summed E-state index contributed by atoms with van der Waals surface area (Å²) < 4.78 is 5.34. The molecule has 0 aromatic heterocycles. The van der Waals surface area contributed by atoms with Gasteiger partial charge in [0.2, 0.25) is 11.8 Å². The quantitative estimate of drug-likeness (QED) is 0.241. The van der Waals surface area contributed by atoms with E-state index in [0.29, 0.717) is 35.4 Å². The molecule has 2 amide bonds. The van der Waals surface area contributed by atoms with Gasteiger partial charge in [-0.25, -0.2) is 0 Å². The summed E-state index contributed by atoms with van der Waals surface area (Å²) in [7, 11) is 0. The predicted octanol–water partition coefficient (Wildman–Crippen LogP) is 1.68. The Morgan fingerprint density at radius 2 is 2.23 bits per heavy atom. The molecule has 0 radical (unpaired) electrons. The van der Waals surface area contributed by atoms with E-state index in [9.17, 15) is 14.7 Å². The van der Waals surface area contributed by atoms with Gasteiger partial charge < -0.3 is 26.2 Å². The van der Waals surface area contributed by atoms with Crippen LogP contribution in [0, 0.1) is 0 Å². The van der Waals surface area contributed by atoms with Crippen LogP contribution >= 0.6 is 46.7 Å². The maximum Gasteiger partial charge on any atom is 0.230 e. The number of benzene rings is 1. The number of aliphatic hydroxyl groups is 1. The number of hydrogen-bond acceptors (Lipinski definition) is 9. The van der Waals surface area contributed by atoms with Gasteiger partial charge in [0.05, 0.1) is 34.2 Å². The van der Waals surface area contributed by atoms with E-state index in [4.69, 9.17) is 33.7 Å². The van der Waals surface area contributed by atoms with Crippen molar-refractivity contribution in [1.82, 2.24) is 20.9 Å². The number of rotatable bonds is 12. The topological polar surface area (TPSA) is 129 Å². The second-order valence-electron chi connectivity index (χ2n) is 8.40. The van der Waals surface area contributed by atoms with Gasteiger partial charge in [-0.15, -0.1) is 11.8 Å². The minimum atomic E-state index is -0.937. The van der Waals surface area contributed by atoms with Gasteiger partial charge in [-0.3, -0.25) is 19.8 Å². The second-order valence-corrected chi connectivity index (χ2v) is 12.2. The molecule has 0 aliphatic carbocycles. The van der Waals surface area contributed by atoms with Crippen molar-refractivity contribution in [3.05, 3.63) is 44.9 Å². The number of thioether (sulfide) groups is 2. The van der Waals surface area contributed by atoms with E-state index < -0.39 is 16.3 Å². The monoisotopic (exact) mass is 563 g/mol. The van der Waals surface area contributed by atoms with Gasteiger partial charge in [0.1, 0.15) is 10.4 Å². The number of nitrogens with one attached hydrogen (secondary N) is 3. The van der Waals surface area contributed by atoms with E-state index in [2.05, 4.69) is 20.9 Å². The number of amides is 2. The third kappa shape index (κ3) is 9.32. The van der Waals surface area contributed by atoms with Crippen molar-refractivity contribution >= 4 is 58.5 Å². The van der Waals surface area contributed by atoms with Crippen molar-refractivity contribution in [3.8, 4) is 0 Å². The Kier molecular flexibility index (Phi) is 10.9. The highest BCUT2D eigenvalue weighted by atomic mass is 35.5. The van der Waals surface area contributed by atoms with Crippen LogP contribution in [0.3, 0.4) is 0 Å². The SMILES string of the molecule is CC1(SCC(=O)NC[C@H]2CN(Cc3ccc(Cl)c(Cl)c3)CCO2)NC(C(O)NCCC(N)=O)=CS1. The second kappa shape index (κ2) is 13.4. The zero-order chi connectivity index (χ0) is 25.4. The van der Waals surface area contributed by atoms with E-state index in [-0.39, 0.29) is 30.7 Å². The Bertz CT molecular complexity index is 941. The molecule has 1 fully saturated rings. The van der Waals surface area contributed by atoms with Crippen LogP contribution in [0.2, 0.25) is 10.0 Å². The summed E-state index contributed by atoms with van der Waals surface area (Å²) >= 11 is 15.0. The summed E-state index contributed by atoms with van der Waals surface area (Å²) in [5.41, 5.74) is 6.78. The van der Waals surface area contributed by atoms with Crippen molar-refractivity contribution in [1.29, 1.82) is 0 Å². The lowest BCUT2D eigenvalue weighted by molar-refractivity contribution is -0.120. The first-order valence-corrected chi connectivity index (χ1v) is 13.8. The number of ether oxygens (including phenoxy) is 1. The lowest BCUT2D eigenvalue weighted by atomic mass is 10.2. The van der Waals surface area contributed by atoms with Crippen LogP contribution in [-0.4, -0.2) is 76.9 Å².